The fourth-order valence-corrected chi connectivity index (χ4v) is 5.26. The van der Waals surface area contributed by atoms with Gasteiger partial charge in [0.05, 0.1) is 5.57 Å². The highest BCUT2D eigenvalue weighted by Crippen LogP contribution is 2.39. The molecule has 0 aromatic heterocycles. The highest BCUT2D eigenvalue weighted by atomic mass is 16.2. The second kappa shape index (κ2) is 8.10. The van der Waals surface area contributed by atoms with Gasteiger partial charge in [-0.05, 0) is 42.9 Å². The molecule has 1 fully saturated rings. The molecule has 0 unspecified atom stereocenters. The Morgan fingerprint density at radius 3 is 2.20 bits per heavy atom. The number of hydrogen-bond donors (Lipinski definition) is 0. The van der Waals surface area contributed by atoms with Crippen LogP contribution in [0.25, 0.3) is 5.57 Å². The van der Waals surface area contributed by atoms with E-state index in [2.05, 4.69) is 17.0 Å². The van der Waals surface area contributed by atoms with Crippen LogP contribution in [0.4, 0.5) is 5.69 Å². The Morgan fingerprint density at radius 2 is 1.43 bits per heavy atom. The number of para-hydroxylation sites is 1. The smallest absolute Gasteiger partial charge is 0.278 e. The van der Waals surface area contributed by atoms with Gasteiger partial charge in [-0.15, -0.1) is 0 Å². The summed E-state index contributed by atoms with van der Waals surface area (Å²) in [6, 6.07) is 18.0. The predicted octanol–water partition coefficient (Wildman–Crippen LogP) is 4.94. The maximum absolute atomic E-state index is 13.8. The molecule has 4 heteroatoms. The Morgan fingerprint density at radius 1 is 0.733 bits per heavy atom. The van der Waals surface area contributed by atoms with E-state index in [4.69, 9.17) is 0 Å². The lowest BCUT2D eigenvalue weighted by Crippen LogP contribution is -2.43. The lowest BCUT2D eigenvalue weighted by Gasteiger charge is -2.33. The molecular formula is C26H28N2O2. The minimum absolute atomic E-state index is 0.0174. The van der Waals surface area contributed by atoms with Crippen LogP contribution in [-0.2, 0) is 16.0 Å². The molecule has 30 heavy (non-hydrogen) atoms. The fourth-order valence-electron chi connectivity index (χ4n) is 5.26. The molecule has 2 aliphatic heterocycles. The molecule has 2 amide bonds. The van der Waals surface area contributed by atoms with Gasteiger partial charge in [0.15, 0.2) is 0 Å². The SMILES string of the molecule is O=C1C(c2ccccc2)=C(N2CCCc3ccccc32)C(=O)N1C1CCCCCC1. The summed E-state index contributed by atoms with van der Waals surface area (Å²) in [6.45, 7) is 0.764. The van der Waals surface area contributed by atoms with Gasteiger partial charge in [0, 0.05) is 18.3 Å². The van der Waals surface area contributed by atoms with Crippen LogP contribution in [0.1, 0.15) is 56.1 Å². The van der Waals surface area contributed by atoms with E-state index >= 15 is 0 Å². The van der Waals surface area contributed by atoms with E-state index in [1.165, 1.54) is 18.4 Å². The maximum Gasteiger partial charge on any atom is 0.278 e. The third-order valence-corrected chi connectivity index (χ3v) is 6.72. The Bertz CT molecular complexity index is 987. The number of fused-ring (bicyclic) bond motifs is 1. The second-order valence-corrected chi connectivity index (χ2v) is 8.60. The van der Waals surface area contributed by atoms with Crippen LogP contribution < -0.4 is 4.90 Å². The first-order chi connectivity index (χ1) is 14.8. The van der Waals surface area contributed by atoms with Crippen molar-refractivity contribution in [2.75, 3.05) is 11.4 Å². The van der Waals surface area contributed by atoms with Crippen molar-refractivity contribution in [1.29, 1.82) is 0 Å². The summed E-state index contributed by atoms with van der Waals surface area (Å²) in [5.74, 6) is -0.224. The molecule has 154 valence electrons. The predicted molar refractivity (Wildman–Crippen MR) is 119 cm³/mol. The molecule has 2 aromatic carbocycles. The van der Waals surface area contributed by atoms with E-state index in [-0.39, 0.29) is 17.9 Å². The quantitative estimate of drug-likeness (QED) is 0.541. The van der Waals surface area contributed by atoms with Crippen LogP contribution in [0.2, 0.25) is 0 Å². The molecule has 3 aliphatic rings. The number of nitrogens with zero attached hydrogens (tertiary/aromatic N) is 2. The van der Waals surface area contributed by atoms with Crippen LogP contribution in [0.15, 0.2) is 60.3 Å². The zero-order valence-electron chi connectivity index (χ0n) is 17.3. The molecule has 1 saturated carbocycles. The normalized spacial score (nSPS) is 20.5. The number of carbonyl (C=O) groups excluding carboxylic acids is 2. The van der Waals surface area contributed by atoms with Crippen molar-refractivity contribution in [2.45, 2.75) is 57.4 Å². The van der Waals surface area contributed by atoms with Crippen molar-refractivity contribution < 1.29 is 9.59 Å². The van der Waals surface area contributed by atoms with Crippen LogP contribution in [0.5, 0.6) is 0 Å². The molecular weight excluding hydrogens is 372 g/mol. The molecule has 0 N–H and O–H groups in total. The summed E-state index contributed by atoms with van der Waals surface area (Å²) in [5, 5.41) is 0. The van der Waals surface area contributed by atoms with Gasteiger partial charge in [-0.1, -0.05) is 74.2 Å². The Hall–Kier alpha value is -2.88. The average molecular weight is 401 g/mol. The van der Waals surface area contributed by atoms with E-state index in [1.807, 2.05) is 42.5 Å². The highest BCUT2D eigenvalue weighted by Gasteiger charge is 2.45. The second-order valence-electron chi connectivity index (χ2n) is 8.60. The third kappa shape index (κ3) is 3.24. The molecule has 0 spiro atoms. The first-order valence-corrected chi connectivity index (χ1v) is 11.3. The first-order valence-electron chi connectivity index (χ1n) is 11.3. The molecule has 0 bridgehead atoms. The van der Waals surface area contributed by atoms with Gasteiger partial charge in [0.1, 0.15) is 5.70 Å². The van der Waals surface area contributed by atoms with Crippen molar-refractivity contribution in [3.05, 3.63) is 71.4 Å². The molecule has 4 nitrogen and oxygen atoms in total. The Balaban J connectivity index is 1.62. The number of rotatable bonds is 3. The van der Waals surface area contributed by atoms with E-state index < -0.39 is 0 Å². The lowest BCUT2D eigenvalue weighted by molar-refractivity contribution is -0.139. The molecule has 0 atom stereocenters. The standard InChI is InChI=1S/C26H28N2O2/c29-25-23(20-12-4-3-5-13-20)24(26(30)28(25)21-15-6-1-2-7-16-21)27-18-10-14-19-11-8-9-17-22(19)27/h3-5,8-9,11-13,17,21H,1-2,6-7,10,14-16,18H2. The summed E-state index contributed by atoms with van der Waals surface area (Å²) in [4.78, 5) is 31.2. The molecule has 0 saturated heterocycles. The van der Waals surface area contributed by atoms with Gasteiger partial charge >= 0.3 is 0 Å². The van der Waals surface area contributed by atoms with Gasteiger partial charge in [-0.3, -0.25) is 14.5 Å². The molecule has 2 aromatic rings. The van der Waals surface area contributed by atoms with Crippen molar-refractivity contribution in [1.82, 2.24) is 4.90 Å². The van der Waals surface area contributed by atoms with E-state index in [0.717, 1.165) is 56.3 Å². The molecule has 5 rings (SSSR count). The van der Waals surface area contributed by atoms with Gasteiger partial charge in [-0.25, -0.2) is 0 Å². The topological polar surface area (TPSA) is 40.6 Å². The average Bonchev–Trinajstić information content (AvgIpc) is 2.94. The van der Waals surface area contributed by atoms with Crippen LogP contribution >= 0.6 is 0 Å². The van der Waals surface area contributed by atoms with Crippen LogP contribution in [0.3, 0.4) is 0 Å². The number of aryl methyl sites for hydroxylation is 1. The Kier molecular flexibility index (Phi) is 5.16. The van der Waals surface area contributed by atoms with E-state index in [9.17, 15) is 9.59 Å². The van der Waals surface area contributed by atoms with Crippen molar-refractivity contribution >= 4 is 23.1 Å². The Labute approximate surface area is 178 Å². The largest absolute Gasteiger partial charge is 0.336 e. The maximum atomic E-state index is 13.8. The van der Waals surface area contributed by atoms with Crippen molar-refractivity contribution in [3.8, 4) is 0 Å². The summed E-state index contributed by atoms with van der Waals surface area (Å²) >= 11 is 0. The monoisotopic (exact) mass is 400 g/mol. The number of anilines is 1. The summed E-state index contributed by atoms with van der Waals surface area (Å²) in [7, 11) is 0. The molecule has 0 radical (unpaired) electrons. The van der Waals surface area contributed by atoms with Crippen molar-refractivity contribution in [3.63, 3.8) is 0 Å². The van der Waals surface area contributed by atoms with E-state index in [0.29, 0.717) is 11.3 Å². The number of imide groups is 1. The van der Waals surface area contributed by atoms with Gasteiger partial charge in [0.2, 0.25) is 0 Å². The number of carbonyl (C=O) groups is 2. The lowest BCUT2D eigenvalue weighted by atomic mass is 9.98. The van der Waals surface area contributed by atoms with Gasteiger partial charge < -0.3 is 4.90 Å². The number of benzene rings is 2. The van der Waals surface area contributed by atoms with Crippen LogP contribution in [0, 0.1) is 0 Å². The summed E-state index contributed by atoms with van der Waals surface area (Å²) < 4.78 is 0. The number of amides is 2. The fraction of sp³-hybridized carbons (Fsp3) is 0.385. The van der Waals surface area contributed by atoms with Crippen molar-refractivity contribution in [2.24, 2.45) is 0 Å². The summed E-state index contributed by atoms with van der Waals surface area (Å²) in [5.41, 5.74) is 4.29. The van der Waals surface area contributed by atoms with Gasteiger partial charge in [-0.2, -0.15) is 0 Å². The zero-order valence-corrected chi connectivity index (χ0v) is 17.3. The zero-order chi connectivity index (χ0) is 20.5. The van der Waals surface area contributed by atoms with Gasteiger partial charge in [0.25, 0.3) is 11.8 Å². The minimum atomic E-state index is -0.115. The van der Waals surface area contributed by atoms with E-state index in [1.54, 1.807) is 4.90 Å². The summed E-state index contributed by atoms with van der Waals surface area (Å²) in [6.07, 6.45) is 8.39. The minimum Gasteiger partial charge on any atom is -0.336 e. The molecule has 1 aliphatic carbocycles. The first kappa shape index (κ1) is 19.1. The molecule has 2 heterocycles. The van der Waals surface area contributed by atoms with Crippen LogP contribution in [-0.4, -0.2) is 29.3 Å². The number of hydrogen-bond acceptors (Lipinski definition) is 3. The highest BCUT2D eigenvalue weighted by molar-refractivity contribution is 6.37. The third-order valence-electron chi connectivity index (χ3n) is 6.72.